The molecule has 2 N–H and O–H groups in total. The first-order valence-electron chi connectivity index (χ1n) is 18.3. The van der Waals surface area contributed by atoms with Crippen LogP contribution < -0.4 is 9.47 Å². The second-order valence-corrected chi connectivity index (χ2v) is 12.6. The van der Waals surface area contributed by atoms with E-state index in [4.69, 9.17) is 19.7 Å². The largest absolute Gasteiger partial charge is 0.489 e. The van der Waals surface area contributed by atoms with Crippen LogP contribution in [0.15, 0.2) is 182 Å². The summed E-state index contributed by atoms with van der Waals surface area (Å²) in [6, 6.07) is 51.6. The zero-order valence-electron chi connectivity index (χ0n) is 31.0. The molecular formula is C50H44O6. The van der Waals surface area contributed by atoms with Gasteiger partial charge in [0, 0.05) is 17.7 Å². The van der Waals surface area contributed by atoms with Gasteiger partial charge in [-0.3, -0.25) is 0 Å². The summed E-state index contributed by atoms with van der Waals surface area (Å²) in [5, 5.41) is 17.7. The Labute approximate surface area is 328 Å². The number of carbonyl (C=O) groups is 2. The van der Waals surface area contributed by atoms with E-state index in [9.17, 15) is 9.59 Å². The molecule has 6 nitrogen and oxygen atoms in total. The zero-order chi connectivity index (χ0) is 39.2. The molecule has 6 heteroatoms. The van der Waals surface area contributed by atoms with E-state index >= 15 is 0 Å². The summed E-state index contributed by atoms with van der Waals surface area (Å²) >= 11 is 0. The summed E-state index contributed by atoms with van der Waals surface area (Å²) in [7, 11) is 0. The fourth-order valence-corrected chi connectivity index (χ4v) is 5.68. The number of carboxylic acids is 2. The first-order valence-corrected chi connectivity index (χ1v) is 18.3. The van der Waals surface area contributed by atoms with Gasteiger partial charge in [-0.1, -0.05) is 170 Å². The van der Waals surface area contributed by atoms with Gasteiger partial charge in [0.15, 0.2) is 0 Å². The summed E-state index contributed by atoms with van der Waals surface area (Å²) in [5.74, 6) is -0.199. The first kappa shape index (κ1) is 40.0. The lowest BCUT2D eigenvalue weighted by Gasteiger charge is -2.10. The van der Waals surface area contributed by atoms with Crippen LogP contribution >= 0.6 is 0 Å². The number of carboxylic acid groups (broad SMARTS) is 2. The summed E-state index contributed by atoms with van der Waals surface area (Å²) in [6.45, 7) is 1.05. The molecule has 6 aromatic carbocycles. The second kappa shape index (κ2) is 22.1. The molecule has 0 aromatic heterocycles. The fourth-order valence-electron chi connectivity index (χ4n) is 5.68. The maximum Gasteiger partial charge on any atom is 0.328 e. The third kappa shape index (κ3) is 13.7. The minimum absolute atomic E-state index is 0.522. The molecule has 0 unspecified atom stereocenters. The van der Waals surface area contributed by atoms with Gasteiger partial charge >= 0.3 is 11.9 Å². The fraction of sp³-hybridized carbons (Fsp3) is 0.0800. The lowest BCUT2D eigenvalue weighted by Crippen LogP contribution is -1.98. The van der Waals surface area contributed by atoms with Crippen LogP contribution in [-0.4, -0.2) is 22.2 Å². The molecule has 0 spiro atoms. The van der Waals surface area contributed by atoms with Gasteiger partial charge in [-0.25, -0.2) is 9.59 Å². The summed E-state index contributed by atoms with van der Waals surface area (Å²) < 4.78 is 12.0. The molecule has 0 heterocycles. The molecule has 0 saturated heterocycles. The van der Waals surface area contributed by atoms with Gasteiger partial charge < -0.3 is 19.7 Å². The Kier molecular flexibility index (Phi) is 15.8. The molecule has 56 heavy (non-hydrogen) atoms. The molecule has 0 atom stereocenters. The minimum atomic E-state index is -0.955. The quantitative estimate of drug-likeness (QED) is 0.0960. The van der Waals surface area contributed by atoms with Crippen molar-refractivity contribution in [1.82, 2.24) is 0 Å². The number of aliphatic carboxylic acids is 2. The van der Waals surface area contributed by atoms with Gasteiger partial charge in [0.25, 0.3) is 0 Å². The van der Waals surface area contributed by atoms with Crippen molar-refractivity contribution in [3.63, 3.8) is 0 Å². The molecule has 0 bridgehead atoms. The van der Waals surface area contributed by atoms with Crippen molar-refractivity contribution >= 4 is 36.2 Å². The van der Waals surface area contributed by atoms with Crippen LogP contribution in [0.2, 0.25) is 0 Å². The third-order valence-corrected chi connectivity index (χ3v) is 8.50. The summed E-state index contributed by atoms with van der Waals surface area (Å²) in [6.07, 6.45) is 15.2. The Morgan fingerprint density at radius 3 is 1.39 bits per heavy atom. The monoisotopic (exact) mass is 740 g/mol. The SMILES string of the molecule is O=C(O)C=Cc1ccccc1C=CCc1ccccc1OCc1ccccc1.O=C(O)C=Cc1ccccc1CC=Cc1ccccc1OCc1ccccc1. The van der Waals surface area contributed by atoms with Crippen molar-refractivity contribution in [2.24, 2.45) is 0 Å². The summed E-state index contributed by atoms with van der Waals surface area (Å²) in [5.41, 5.74) is 8.19. The van der Waals surface area contributed by atoms with E-state index in [-0.39, 0.29) is 0 Å². The van der Waals surface area contributed by atoms with Crippen LogP contribution in [-0.2, 0) is 35.6 Å². The Morgan fingerprint density at radius 1 is 0.411 bits per heavy atom. The first-order chi connectivity index (χ1) is 27.4. The molecule has 0 aliphatic rings. The lowest BCUT2D eigenvalue weighted by atomic mass is 10.0. The molecule has 6 rings (SSSR count). The zero-order valence-corrected chi connectivity index (χ0v) is 31.0. The normalized spacial score (nSPS) is 11.1. The van der Waals surface area contributed by atoms with Crippen LogP contribution in [0.1, 0.15) is 44.5 Å². The predicted octanol–water partition coefficient (Wildman–Crippen LogP) is 11.2. The molecule has 6 aromatic rings. The molecule has 0 saturated carbocycles. The Bertz CT molecular complexity index is 2270. The molecule has 0 fully saturated rings. The number of rotatable bonds is 16. The lowest BCUT2D eigenvalue weighted by molar-refractivity contribution is -0.132. The topological polar surface area (TPSA) is 93.1 Å². The van der Waals surface area contributed by atoms with Gasteiger partial charge in [0.2, 0.25) is 0 Å². The second-order valence-electron chi connectivity index (χ2n) is 12.6. The van der Waals surface area contributed by atoms with Gasteiger partial charge in [-0.2, -0.15) is 0 Å². The minimum Gasteiger partial charge on any atom is -0.489 e. The van der Waals surface area contributed by atoms with Crippen molar-refractivity contribution in [1.29, 1.82) is 0 Å². The van der Waals surface area contributed by atoms with Gasteiger partial charge in [-0.05, 0) is 76.1 Å². The maximum absolute atomic E-state index is 10.8. The molecule has 0 amide bonds. The van der Waals surface area contributed by atoms with Gasteiger partial charge in [-0.15, -0.1) is 0 Å². The molecule has 0 aliphatic heterocycles. The predicted molar refractivity (Wildman–Crippen MR) is 226 cm³/mol. The number of hydrogen-bond acceptors (Lipinski definition) is 4. The number of para-hydroxylation sites is 2. The highest BCUT2D eigenvalue weighted by Gasteiger charge is 2.04. The van der Waals surface area contributed by atoms with Crippen molar-refractivity contribution in [2.45, 2.75) is 26.1 Å². The van der Waals surface area contributed by atoms with Crippen molar-refractivity contribution in [3.05, 3.63) is 227 Å². The van der Waals surface area contributed by atoms with Crippen LogP contribution in [0.5, 0.6) is 11.5 Å². The Hall–Kier alpha value is -7.18. The van der Waals surface area contributed by atoms with E-state index in [1.54, 1.807) is 12.2 Å². The van der Waals surface area contributed by atoms with Crippen LogP contribution in [0.4, 0.5) is 0 Å². The van der Waals surface area contributed by atoms with E-state index in [1.807, 2.05) is 164 Å². The number of ether oxygens (including phenoxy) is 2. The number of allylic oxidation sites excluding steroid dienone is 2. The summed E-state index contributed by atoms with van der Waals surface area (Å²) in [4.78, 5) is 21.5. The van der Waals surface area contributed by atoms with E-state index < -0.39 is 11.9 Å². The average Bonchev–Trinajstić information content (AvgIpc) is 3.23. The van der Waals surface area contributed by atoms with Crippen molar-refractivity contribution < 1.29 is 29.3 Å². The van der Waals surface area contributed by atoms with Crippen molar-refractivity contribution in [2.75, 3.05) is 0 Å². The molecule has 0 aliphatic carbocycles. The van der Waals surface area contributed by atoms with Crippen molar-refractivity contribution in [3.8, 4) is 11.5 Å². The van der Waals surface area contributed by atoms with E-state index in [1.165, 1.54) is 0 Å². The third-order valence-electron chi connectivity index (χ3n) is 8.50. The molecule has 280 valence electrons. The van der Waals surface area contributed by atoms with Crippen LogP contribution in [0.3, 0.4) is 0 Å². The van der Waals surface area contributed by atoms with Crippen LogP contribution in [0.25, 0.3) is 24.3 Å². The molecular weight excluding hydrogens is 697 g/mol. The maximum atomic E-state index is 10.8. The standard InChI is InChI=1S/2C25H22O3/c2*26-25(27)18-17-22-12-5-4-11-21(22)14-8-15-23-13-6-7-16-24(23)28-19-20-9-2-1-3-10-20/h1-13,15-18H,14,19H2,(H,26,27);1-14,16-18H,15,19H2,(H,26,27). The number of benzene rings is 6. The van der Waals surface area contributed by atoms with Gasteiger partial charge in [0.1, 0.15) is 24.7 Å². The van der Waals surface area contributed by atoms with E-state index in [0.717, 1.165) is 74.6 Å². The highest BCUT2D eigenvalue weighted by molar-refractivity contribution is 5.86. The van der Waals surface area contributed by atoms with Gasteiger partial charge in [0.05, 0.1) is 0 Å². The van der Waals surface area contributed by atoms with Crippen LogP contribution in [0, 0.1) is 0 Å². The Morgan fingerprint density at radius 2 is 0.804 bits per heavy atom. The number of hydrogen-bond donors (Lipinski definition) is 2. The smallest absolute Gasteiger partial charge is 0.328 e. The van der Waals surface area contributed by atoms with E-state index in [0.29, 0.717) is 19.6 Å². The Balaban J connectivity index is 0.000000214. The molecule has 0 radical (unpaired) electrons. The highest BCUT2D eigenvalue weighted by atomic mass is 16.5. The highest BCUT2D eigenvalue weighted by Crippen LogP contribution is 2.23. The van der Waals surface area contributed by atoms with E-state index in [2.05, 4.69) is 18.2 Å². The average molecular weight is 741 g/mol.